The lowest BCUT2D eigenvalue weighted by Gasteiger charge is -2.60. The number of carbonyl (C=O) groups excluding carboxylic acids is 1. The summed E-state index contributed by atoms with van der Waals surface area (Å²) in [4.78, 5) is 12.7. The molecule has 0 bridgehead atoms. The van der Waals surface area contributed by atoms with Crippen molar-refractivity contribution in [1.29, 1.82) is 0 Å². The number of amides is 1. The highest BCUT2D eigenvalue weighted by molar-refractivity contribution is 6.35. The Morgan fingerprint density at radius 1 is 1.33 bits per heavy atom. The van der Waals surface area contributed by atoms with E-state index in [1.807, 2.05) is 13.8 Å². The minimum atomic E-state index is -0.942. The number of benzene rings is 1. The van der Waals surface area contributed by atoms with E-state index < -0.39 is 11.0 Å². The molecule has 1 amide bonds. The molecule has 1 aromatic rings. The molecule has 6 heteroatoms. The summed E-state index contributed by atoms with van der Waals surface area (Å²) >= 11 is 11.9. The average molecular weight is 329 g/mol. The molecule has 114 valence electrons. The van der Waals surface area contributed by atoms with Gasteiger partial charge in [0.15, 0.2) is 0 Å². The molecule has 2 aliphatic rings. The van der Waals surface area contributed by atoms with E-state index in [1.54, 1.807) is 18.2 Å². The second kappa shape index (κ2) is 4.85. The van der Waals surface area contributed by atoms with Gasteiger partial charge in [-0.2, -0.15) is 0 Å². The maximum atomic E-state index is 12.7. The van der Waals surface area contributed by atoms with Crippen molar-refractivity contribution in [2.24, 2.45) is 17.1 Å². The summed E-state index contributed by atoms with van der Waals surface area (Å²) in [6, 6.07) is 4.93. The van der Waals surface area contributed by atoms with Crippen LogP contribution in [0.15, 0.2) is 18.2 Å². The molecule has 3 rings (SSSR count). The van der Waals surface area contributed by atoms with Crippen LogP contribution < -0.4 is 11.1 Å². The molecule has 1 saturated heterocycles. The molecule has 3 unspecified atom stereocenters. The van der Waals surface area contributed by atoms with Gasteiger partial charge in [0.1, 0.15) is 5.54 Å². The standard InChI is InChI=1S/C15H18Cl2N2O2/c1-14(2)12-11(3-4-21-12)15(14,18)13(20)19-10-6-8(16)5-9(17)7-10/h5-7,11-12H,3-4,18H2,1-2H3,(H,19,20). The Labute approximate surface area is 133 Å². The smallest absolute Gasteiger partial charge is 0.245 e. The maximum Gasteiger partial charge on any atom is 0.245 e. The van der Waals surface area contributed by atoms with Gasteiger partial charge >= 0.3 is 0 Å². The molecule has 1 aliphatic heterocycles. The van der Waals surface area contributed by atoms with Crippen molar-refractivity contribution in [3.63, 3.8) is 0 Å². The van der Waals surface area contributed by atoms with Crippen LogP contribution in [0.5, 0.6) is 0 Å². The Balaban J connectivity index is 1.85. The summed E-state index contributed by atoms with van der Waals surface area (Å²) < 4.78 is 5.70. The van der Waals surface area contributed by atoms with Gasteiger partial charge in [-0.15, -0.1) is 0 Å². The van der Waals surface area contributed by atoms with E-state index in [-0.39, 0.29) is 17.9 Å². The third-order valence-electron chi connectivity index (χ3n) is 4.95. The first-order valence-electron chi connectivity index (χ1n) is 6.95. The molecular weight excluding hydrogens is 311 g/mol. The molecule has 4 nitrogen and oxygen atoms in total. The minimum absolute atomic E-state index is 0.0520. The van der Waals surface area contributed by atoms with E-state index in [1.165, 1.54) is 0 Å². The lowest BCUT2D eigenvalue weighted by atomic mass is 9.48. The Bertz CT molecular complexity index is 585. The highest BCUT2D eigenvalue weighted by atomic mass is 35.5. The van der Waals surface area contributed by atoms with E-state index in [2.05, 4.69) is 5.32 Å². The predicted octanol–water partition coefficient (Wildman–Crippen LogP) is 3.07. The van der Waals surface area contributed by atoms with Crippen LogP contribution in [0.1, 0.15) is 20.3 Å². The Kier molecular flexibility index (Phi) is 3.49. The second-order valence-corrected chi connectivity index (χ2v) is 7.26. The summed E-state index contributed by atoms with van der Waals surface area (Å²) in [5.41, 5.74) is 5.69. The van der Waals surface area contributed by atoms with Crippen molar-refractivity contribution in [3.8, 4) is 0 Å². The van der Waals surface area contributed by atoms with E-state index in [0.717, 1.165) is 6.42 Å². The zero-order valence-electron chi connectivity index (χ0n) is 12.0. The van der Waals surface area contributed by atoms with Gasteiger partial charge < -0.3 is 15.8 Å². The van der Waals surface area contributed by atoms with Gasteiger partial charge in [-0.25, -0.2) is 0 Å². The normalized spacial score (nSPS) is 33.2. The molecule has 1 heterocycles. The molecule has 2 fully saturated rings. The van der Waals surface area contributed by atoms with Crippen LogP contribution in [0.2, 0.25) is 10.0 Å². The van der Waals surface area contributed by atoms with Crippen molar-refractivity contribution < 1.29 is 9.53 Å². The number of ether oxygens (including phenoxy) is 1. The summed E-state index contributed by atoms with van der Waals surface area (Å²) in [6.07, 6.45) is 0.866. The Morgan fingerprint density at radius 2 is 1.95 bits per heavy atom. The van der Waals surface area contributed by atoms with E-state index in [9.17, 15) is 4.79 Å². The molecule has 0 aromatic heterocycles. The number of rotatable bonds is 2. The topological polar surface area (TPSA) is 64.3 Å². The van der Waals surface area contributed by atoms with Crippen LogP contribution in [0.4, 0.5) is 5.69 Å². The number of nitrogens with two attached hydrogens (primary N) is 1. The molecule has 3 atom stereocenters. The molecule has 3 N–H and O–H groups in total. The monoisotopic (exact) mass is 328 g/mol. The third-order valence-corrected chi connectivity index (χ3v) is 5.39. The lowest BCUT2D eigenvalue weighted by Crippen LogP contribution is -2.79. The molecule has 0 radical (unpaired) electrons. The van der Waals surface area contributed by atoms with Crippen LogP contribution in [0.25, 0.3) is 0 Å². The number of halogens is 2. The largest absolute Gasteiger partial charge is 0.377 e. The van der Waals surface area contributed by atoms with Gasteiger partial charge in [-0.1, -0.05) is 37.0 Å². The summed E-state index contributed by atoms with van der Waals surface area (Å²) in [7, 11) is 0. The minimum Gasteiger partial charge on any atom is -0.377 e. The predicted molar refractivity (Wildman–Crippen MR) is 83.6 cm³/mol. The first kappa shape index (κ1) is 15.1. The number of fused-ring (bicyclic) bond motifs is 1. The number of anilines is 1. The highest BCUT2D eigenvalue weighted by Crippen LogP contribution is 2.58. The molecule has 1 aliphatic carbocycles. The van der Waals surface area contributed by atoms with E-state index in [4.69, 9.17) is 33.7 Å². The van der Waals surface area contributed by atoms with Gasteiger partial charge in [-0.3, -0.25) is 4.79 Å². The van der Waals surface area contributed by atoms with Crippen molar-refractivity contribution in [3.05, 3.63) is 28.2 Å². The molecule has 1 saturated carbocycles. The van der Waals surface area contributed by atoms with Gasteiger partial charge in [0, 0.05) is 33.7 Å². The first-order valence-corrected chi connectivity index (χ1v) is 7.70. The average Bonchev–Trinajstić information content (AvgIpc) is 2.84. The van der Waals surface area contributed by atoms with E-state index >= 15 is 0 Å². The van der Waals surface area contributed by atoms with Crippen LogP contribution in [-0.4, -0.2) is 24.2 Å². The summed E-state index contributed by atoms with van der Waals surface area (Å²) in [5.74, 6) is -0.153. The van der Waals surface area contributed by atoms with E-state index in [0.29, 0.717) is 22.3 Å². The summed E-state index contributed by atoms with van der Waals surface area (Å²) in [5, 5.41) is 3.79. The molecule has 1 aromatic carbocycles. The second-order valence-electron chi connectivity index (χ2n) is 6.39. The third kappa shape index (κ3) is 2.08. The fraction of sp³-hybridized carbons (Fsp3) is 0.533. The summed E-state index contributed by atoms with van der Waals surface area (Å²) in [6.45, 7) is 4.61. The molecule has 21 heavy (non-hydrogen) atoms. The Hall–Kier alpha value is -0.810. The fourth-order valence-corrected chi connectivity index (χ4v) is 4.23. The zero-order valence-corrected chi connectivity index (χ0v) is 13.5. The Morgan fingerprint density at radius 3 is 2.57 bits per heavy atom. The number of hydrogen-bond donors (Lipinski definition) is 2. The number of carbonyl (C=O) groups is 1. The SMILES string of the molecule is CC1(C)C2OCCC2C1(N)C(=O)Nc1cc(Cl)cc(Cl)c1. The number of hydrogen-bond acceptors (Lipinski definition) is 3. The zero-order chi connectivity index (χ0) is 15.4. The maximum absolute atomic E-state index is 12.7. The van der Waals surface area contributed by atoms with Crippen molar-refractivity contribution in [1.82, 2.24) is 0 Å². The first-order chi connectivity index (χ1) is 9.76. The van der Waals surface area contributed by atoms with Crippen molar-refractivity contribution in [2.45, 2.75) is 31.9 Å². The fourth-order valence-electron chi connectivity index (χ4n) is 3.71. The van der Waals surface area contributed by atoms with Crippen molar-refractivity contribution in [2.75, 3.05) is 11.9 Å². The molecule has 0 spiro atoms. The van der Waals surface area contributed by atoms with Gasteiger partial charge in [0.25, 0.3) is 0 Å². The molecular formula is C15H18Cl2N2O2. The van der Waals surface area contributed by atoms with Crippen LogP contribution in [0.3, 0.4) is 0 Å². The van der Waals surface area contributed by atoms with Gasteiger partial charge in [0.05, 0.1) is 6.10 Å². The van der Waals surface area contributed by atoms with Crippen molar-refractivity contribution >= 4 is 34.8 Å². The quantitative estimate of drug-likeness (QED) is 0.876. The highest BCUT2D eigenvalue weighted by Gasteiger charge is 2.71. The van der Waals surface area contributed by atoms with Crippen LogP contribution in [-0.2, 0) is 9.53 Å². The number of nitrogens with one attached hydrogen (secondary N) is 1. The van der Waals surface area contributed by atoms with Crippen LogP contribution in [0, 0.1) is 11.3 Å². The lowest BCUT2D eigenvalue weighted by molar-refractivity contribution is -0.170. The van der Waals surface area contributed by atoms with Crippen LogP contribution >= 0.6 is 23.2 Å². The van der Waals surface area contributed by atoms with Gasteiger partial charge in [-0.05, 0) is 24.6 Å². The van der Waals surface area contributed by atoms with Gasteiger partial charge in [0.2, 0.25) is 5.91 Å².